The van der Waals surface area contributed by atoms with Crippen LogP contribution in [0.5, 0.6) is 0 Å². The molecular formula is C14H18N2O4. The summed E-state index contributed by atoms with van der Waals surface area (Å²) < 4.78 is 0. The first kappa shape index (κ1) is 15.7. The summed E-state index contributed by atoms with van der Waals surface area (Å²) in [6, 6.07) is 5.36. The molecule has 108 valence electrons. The van der Waals surface area contributed by atoms with Gasteiger partial charge in [-0.25, -0.2) is 4.79 Å². The van der Waals surface area contributed by atoms with E-state index < -0.39 is 17.9 Å². The van der Waals surface area contributed by atoms with E-state index in [1.165, 1.54) is 19.1 Å². The lowest BCUT2D eigenvalue weighted by Gasteiger charge is -2.13. The van der Waals surface area contributed by atoms with Crippen molar-refractivity contribution in [1.82, 2.24) is 5.32 Å². The lowest BCUT2D eigenvalue weighted by atomic mass is 10.1. The van der Waals surface area contributed by atoms with Crippen molar-refractivity contribution < 1.29 is 19.5 Å². The zero-order valence-electron chi connectivity index (χ0n) is 11.5. The van der Waals surface area contributed by atoms with Crippen molar-refractivity contribution >= 4 is 23.5 Å². The van der Waals surface area contributed by atoms with Crippen LogP contribution in [0.2, 0.25) is 0 Å². The number of nitrogens with one attached hydrogen (secondary N) is 2. The summed E-state index contributed by atoms with van der Waals surface area (Å²) in [6.45, 7) is 3.24. The first-order chi connectivity index (χ1) is 9.43. The third-order valence-electron chi connectivity index (χ3n) is 2.65. The van der Waals surface area contributed by atoms with Crippen LogP contribution in [0.4, 0.5) is 5.69 Å². The van der Waals surface area contributed by atoms with Crippen LogP contribution in [0.3, 0.4) is 0 Å². The summed E-state index contributed by atoms with van der Waals surface area (Å²) in [6.07, 6.45) is 1.05. The number of benzene rings is 1. The normalized spacial score (nSPS) is 11.5. The quantitative estimate of drug-likeness (QED) is 0.737. The number of anilines is 1. The summed E-state index contributed by atoms with van der Waals surface area (Å²) >= 11 is 0. The topological polar surface area (TPSA) is 95.5 Å². The Kier molecular flexibility index (Phi) is 5.71. The highest BCUT2D eigenvalue weighted by molar-refractivity contribution is 5.97. The second-order valence-corrected chi connectivity index (χ2v) is 4.41. The van der Waals surface area contributed by atoms with E-state index in [-0.39, 0.29) is 5.91 Å². The van der Waals surface area contributed by atoms with Gasteiger partial charge >= 0.3 is 5.97 Å². The zero-order valence-corrected chi connectivity index (χ0v) is 11.5. The van der Waals surface area contributed by atoms with Crippen LogP contribution in [0, 0.1) is 0 Å². The molecule has 6 nitrogen and oxygen atoms in total. The Balaban J connectivity index is 2.71. The van der Waals surface area contributed by atoms with Gasteiger partial charge in [0, 0.05) is 18.2 Å². The maximum atomic E-state index is 11.9. The van der Waals surface area contributed by atoms with Crippen molar-refractivity contribution in [3.63, 3.8) is 0 Å². The number of carboxylic acids is 1. The molecule has 1 aromatic carbocycles. The zero-order chi connectivity index (χ0) is 15.1. The van der Waals surface area contributed by atoms with Gasteiger partial charge in [0.1, 0.15) is 6.04 Å². The second kappa shape index (κ2) is 7.28. The van der Waals surface area contributed by atoms with Gasteiger partial charge in [0.25, 0.3) is 5.91 Å². The number of hydrogen-bond acceptors (Lipinski definition) is 3. The SMILES string of the molecule is CCC[C@@H](NC(=O)c1ccc(NC(C)=O)cc1)C(=O)O. The van der Waals surface area contributed by atoms with Crippen molar-refractivity contribution in [1.29, 1.82) is 0 Å². The van der Waals surface area contributed by atoms with Crippen molar-refractivity contribution in [2.45, 2.75) is 32.7 Å². The lowest BCUT2D eigenvalue weighted by Crippen LogP contribution is -2.40. The molecule has 1 aromatic rings. The van der Waals surface area contributed by atoms with Gasteiger partial charge < -0.3 is 15.7 Å². The largest absolute Gasteiger partial charge is 0.480 e. The molecule has 0 heterocycles. The predicted octanol–water partition coefficient (Wildman–Crippen LogP) is 1.63. The lowest BCUT2D eigenvalue weighted by molar-refractivity contribution is -0.139. The highest BCUT2D eigenvalue weighted by atomic mass is 16.4. The van der Waals surface area contributed by atoms with E-state index in [0.29, 0.717) is 24.1 Å². The standard InChI is InChI=1S/C14H18N2O4/c1-3-4-12(14(19)20)16-13(18)10-5-7-11(8-6-10)15-9(2)17/h5-8,12H,3-4H2,1-2H3,(H,15,17)(H,16,18)(H,19,20)/t12-/m1/s1. The first-order valence-electron chi connectivity index (χ1n) is 6.35. The number of rotatable bonds is 6. The van der Waals surface area contributed by atoms with E-state index in [4.69, 9.17) is 5.11 Å². The monoisotopic (exact) mass is 278 g/mol. The number of hydrogen-bond donors (Lipinski definition) is 3. The maximum Gasteiger partial charge on any atom is 0.326 e. The Bertz CT molecular complexity index is 496. The number of aliphatic carboxylic acids is 1. The number of carbonyl (C=O) groups excluding carboxylic acids is 2. The predicted molar refractivity (Wildman–Crippen MR) is 74.5 cm³/mol. The molecule has 0 spiro atoms. The molecule has 0 aliphatic heterocycles. The number of carbonyl (C=O) groups is 3. The molecule has 0 saturated heterocycles. The average Bonchev–Trinajstić information content (AvgIpc) is 2.38. The molecular weight excluding hydrogens is 260 g/mol. The molecule has 0 unspecified atom stereocenters. The van der Waals surface area contributed by atoms with Gasteiger partial charge in [-0.1, -0.05) is 13.3 Å². The van der Waals surface area contributed by atoms with Crippen molar-refractivity contribution in [3.8, 4) is 0 Å². The van der Waals surface area contributed by atoms with Crippen molar-refractivity contribution in [2.24, 2.45) is 0 Å². The van der Waals surface area contributed by atoms with Gasteiger partial charge in [-0.15, -0.1) is 0 Å². The molecule has 2 amide bonds. The van der Waals surface area contributed by atoms with Gasteiger partial charge in [-0.2, -0.15) is 0 Å². The maximum absolute atomic E-state index is 11.9. The summed E-state index contributed by atoms with van der Waals surface area (Å²) in [5, 5.41) is 14.0. The minimum absolute atomic E-state index is 0.198. The van der Waals surface area contributed by atoms with E-state index in [2.05, 4.69) is 10.6 Å². The minimum atomic E-state index is -1.05. The van der Waals surface area contributed by atoms with Gasteiger partial charge in [0.05, 0.1) is 0 Å². The Morgan fingerprint density at radius 1 is 1.20 bits per heavy atom. The van der Waals surface area contributed by atoms with Crippen LogP contribution in [0.15, 0.2) is 24.3 Å². The molecule has 3 N–H and O–H groups in total. The number of amides is 2. The van der Waals surface area contributed by atoms with Gasteiger partial charge in [-0.3, -0.25) is 9.59 Å². The van der Waals surface area contributed by atoms with Gasteiger partial charge in [0.2, 0.25) is 5.91 Å². The van der Waals surface area contributed by atoms with Crippen LogP contribution in [-0.4, -0.2) is 28.9 Å². The van der Waals surface area contributed by atoms with E-state index in [1.54, 1.807) is 12.1 Å². The molecule has 0 fully saturated rings. The van der Waals surface area contributed by atoms with Crippen LogP contribution >= 0.6 is 0 Å². The molecule has 20 heavy (non-hydrogen) atoms. The summed E-state index contributed by atoms with van der Waals surface area (Å²) in [5.74, 6) is -1.69. The molecule has 0 aliphatic carbocycles. The minimum Gasteiger partial charge on any atom is -0.480 e. The fourth-order valence-electron chi connectivity index (χ4n) is 1.70. The molecule has 0 radical (unpaired) electrons. The highest BCUT2D eigenvalue weighted by Crippen LogP contribution is 2.10. The molecule has 6 heteroatoms. The van der Waals surface area contributed by atoms with E-state index in [1.807, 2.05) is 6.92 Å². The van der Waals surface area contributed by atoms with Crippen LogP contribution in [0.1, 0.15) is 37.0 Å². The third kappa shape index (κ3) is 4.72. The average molecular weight is 278 g/mol. The van der Waals surface area contributed by atoms with Gasteiger partial charge in [-0.05, 0) is 30.7 Å². The van der Waals surface area contributed by atoms with Gasteiger partial charge in [0.15, 0.2) is 0 Å². The van der Waals surface area contributed by atoms with E-state index >= 15 is 0 Å². The van der Waals surface area contributed by atoms with Crippen LogP contribution in [-0.2, 0) is 9.59 Å². The summed E-state index contributed by atoms with van der Waals surface area (Å²) in [4.78, 5) is 33.7. The summed E-state index contributed by atoms with van der Waals surface area (Å²) in [7, 11) is 0. The summed E-state index contributed by atoms with van der Waals surface area (Å²) in [5.41, 5.74) is 0.929. The Morgan fingerprint density at radius 2 is 1.80 bits per heavy atom. The smallest absolute Gasteiger partial charge is 0.326 e. The Hall–Kier alpha value is -2.37. The van der Waals surface area contributed by atoms with E-state index in [9.17, 15) is 14.4 Å². The fraction of sp³-hybridized carbons (Fsp3) is 0.357. The van der Waals surface area contributed by atoms with Crippen molar-refractivity contribution in [2.75, 3.05) is 5.32 Å². The highest BCUT2D eigenvalue weighted by Gasteiger charge is 2.19. The molecule has 0 aliphatic rings. The fourth-order valence-corrected chi connectivity index (χ4v) is 1.70. The van der Waals surface area contributed by atoms with Crippen LogP contribution < -0.4 is 10.6 Å². The third-order valence-corrected chi connectivity index (χ3v) is 2.65. The molecule has 1 atom stereocenters. The molecule has 1 rings (SSSR count). The Labute approximate surface area is 117 Å². The van der Waals surface area contributed by atoms with E-state index in [0.717, 1.165) is 0 Å². The number of carboxylic acid groups (broad SMARTS) is 1. The van der Waals surface area contributed by atoms with Crippen molar-refractivity contribution in [3.05, 3.63) is 29.8 Å². The molecule has 0 aromatic heterocycles. The second-order valence-electron chi connectivity index (χ2n) is 4.41. The first-order valence-corrected chi connectivity index (χ1v) is 6.35. The van der Waals surface area contributed by atoms with Crippen LogP contribution in [0.25, 0.3) is 0 Å². The molecule has 0 saturated carbocycles. The molecule has 0 bridgehead atoms. The Morgan fingerprint density at radius 3 is 2.25 bits per heavy atom.